The number of carbonyl (C=O) groups excluding carboxylic acids is 1. The average Bonchev–Trinajstić information content (AvgIpc) is 2.85. The van der Waals surface area contributed by atoms with Crippen LogP contribution in [0, 0.1) is 10.1 Å². The minimum absolute atomic E-state index is 0.0166. The molecule has 0 unspecified atom stereocenters. The Morgan fingerprint density at radius 1 is 1.20 bits per heavy atom. The monoisotopic (exact) mass is 434 g/mol. The number of rotatable bonds is 4. The van der Waals surface area contributed by atoms with E-state index >= 15 is 0 Å². The molecule has 25 heavy (non-hydrogen) atoms. The topological polar surface area (TPSA) is 63.5 Å². The van der Waals surface area contributed by atoms with E-state index in [1.165, 1.54) is 17.0 Å². The summed E-state index contributed by atoms with van der Waals surface area (Å²) in [6.07, 6.45) is 1.88. The Kier molecular flexibility index (Phi) is 5.31. The fourth-order valence-electron chi connectivity index (χ4n) is 2.28. The number of hydrogen-bond donors (Lipinski definition) is 0. The first-order valence-corrected chi connectivity index (χ1v) is 9.21. The molecule has 1 heterocycles. The van der Waals surface area contributed by atoms with Gasteiger partial charge in [0.1, 0.15) is 4.99 Å². The van der Waals surface area contributed by atoms with Gasteiger partial charge in [0.05, 0.1) is 16.4 Å². The highest BCUT2D eigenvalue weighted by molar-refractivity contribution is 9.10. The third kappa shape index (κ3) is 3.97. The molecule has 2 aromatic rings. The predicted molar refractivity (Wildman–Crippen MR) is 106 cm³/mol. The van der Waals surface area contributed by atoms with Gasteiger partial charge in [-0.1, -0.05) is 58.5 Å². The van der Waals surface area contributed by atoms with Crippen LogP contribution in [-0.4, -0.2) is 20.1 Å². The number of thiocarbonyl (C=S) groups is 1. The van der Waals surface area contributed by atoms with Crippen LogP contribution in [0.1, 0.15) is 11.1 Å². The molecule has 2 aromatic carbocycles. The molecule has 1 fully saturated rings. The Hall–Kier alpha value is -2.03. The molecule has 126 valence electrons. The van der Waals surface area contributed by atoms with Crippen molar-refractivity contribution in [2.45, 2.75) is 6.54 Å². The van der Waals surface area contributed by atoms with Crippen LogP contribution in [0.5, 0.6) is 0 Å². The van der Waals surface area contributed by atoms with Crippen LogP contribution in [0.4, 0.5) is 10.5 Å². The number of carbonyl (C=O) groups is 1. The summed E-state index contributed by atoms with van der Waals surface area (Å²) >= 11 is 10.0. The first kappa shape index (κ1) is 17.8. The normalized spacial score (nSPS) is 15.9. The minimum Gasteiger partial charge on any atom is -0.288 e. The van der Waals surface area contributed by atoms with Crippen LogP contribution in [0.15, 0.2) is 57.9 Å². The second-order valence-electron chi connectivity index (χ2n) is 5.21. The molecular weight excluding hydrogens is 424 g/mol. The molecule has 0 aliphatic carbocycles. The highest BCUT2D eigenvalue weighted by Gasteiger charge is 2.31. The number of nitro benzene ring substituents is 1. The second kappa shape index (κ2) is 7.47. The standard InChI is InChI=1S/C17H11BrN2O3S2/c18-14-4-2-1-3-12(14)9-15-16(24)19(17(21)25-15)10-11-5-7-13(8-6-11)20(22)23/h1-9H,10H2/b15-9-. The van der Waals surface area contributed by atoms with E-state index < -0.39 is 4.92 Å². The molecule has 8 heteroatoms. The quantitative estimate of drug-likeness (QED) is 0.279. The zero-order valence-electron chi connectivity index (χ0n) is 12.7. The van der Waals surface area contributed by atoms with Gasteiger partial charge < -0.3 is 0 Å². The number of nitrogens with zero attached hydrogens (tertiary/aromatic N) is 2. The SMILES string of the molecule is O=C1S/C(=C\c2ccccc2Br)C(=S)N1Cc1ccc([N+](=O)[O-])cc1. The summed E-state index contributed by atoms with van der Waals surface area (Å²) in [7, 11) is 0. The molecule has 1 aliphatic rings. The van der Waals surface area contributed by atoms with Crippen molar-refractivity contribution in [2.24, 2.45) is 0 Å². The number of nitro groups is 1. The smallest absolute Gasteiger partial charge is 0.288 e. The first-order chi connectivity index (χ1) is 12.0. The molecule has 1 aliphatic heterocycles. The van der Waals surface area contributed by atoms with E-state index in [-0.39, 0.29) is 17.5 Å². The van der Waals surface area contributed by atoms with Crippen molar-refractivity contribution in [3.63, 3.8) is 0 Å². The van der Waals surface area contributed by atoms with E-state index in [2.05, 4.69) is 15.9 Å². The number of benzene rings is 2. The van der Waals surface area contributed by atoms with E-state index in [4.69, 9.17) is 12.2 Å². The van der Waals surface area contributed by atoms with Gasteiger partial charge in [0.15, 0.2) is 0 Å². The van der Waals surface area contributed by atoms with E-state index in [9.17, 15) is 14.9 Å². The molecule has 5 nitrogen and oxygen atoms in total. The average molecular weight is 435 g/mol. The lowest BCUT2D eigenvalue weighted by Crippen LogP contribution is -2.26. The van der Waals surface area contributed by atoms with Crippen LogP contribution < -0.4 is 0 Å². The van der Waals surface area contributed by atoms with Crippen molar-refractivity contribution in [3.05, 3.63) is 79.2 Å². The predicted octanol–water partition coefficient (Wildman–Crippen LogP) is 5.39. The zero-order chi connectivity index (χ0) is 18.0. The lowest BCUT2D eigenvalue weighted by atomic mass is 10.2. The molecule has 0 N–H and O–H groups in total. The molecule has 0 spiro atoms. The van der Waals surface area contributed by atoms with Gasteiger partial charge in [-0.2, -0.15) is 0 Å². The first-order valence-electron chi connectivity index (χ1n) is 7.19. The summed E-state index contributed by atoms with van der Waals surface area (Å²) in [5, 5.41) is 10.6. The number of thioether (sulfide) groups is 1. The van der Waals surface area contributed by atoms with Gasteiger partial charge >= 0.3 is 0 Å². The Morgan fingerprint density at radius 3 is 2.52 bits per heavy atom. The van der Waals surface area contributed by atoms with Gasteiger partial charge in [0.25, 0.3) is 10.9 Å². The number of halogens is 1. The van der Waals surface area contributed by atoms with Crippen LogP contribution >= 0.6 is 39.9 Å². The molecule has 0 bridgehead atoms. The van der Waals surface area contributed by atoms with E-state index in [1.54, 1.807) is 12.1 Å². The molecule has 3 rings (SSSR count). The summed E-state index contributed by atoms with van der Waals surface area (Å²) in [5.74, 6) is 0. The molecule has 0 saturated carbocycles. The van der Waals surface area contributed by atoms with Crippen molar-refractivity contribution < 1.29 is 9.72 Å². The number of hydrogen-bond acceptors (Lipinski definition) is 5. The van der Waals surface area contributed by atoms with Gasteiger partial charge in [0, 0.05) is 16.6 Å². The van der Waals surface area contributed by atoms with Gasteiger partial charge in [-0.15, -0.1) is 0 Å². The molecule has 1 saturated heterocycles. The Morgan fingerprint density at radius 2 is 1.88 bits per heavy atom. The molecule has 0 aromatic heterocycles. The fraction of sp³-hybridized carbons (Fsp3) is 0.0588. The maximum absolute atomic E-state index is 12.3. The van der Waals surface area contributed by atoms with Crippen LogP contribution in [0.2, 0.25) is 0 Å². The van der Waals surface area contributed by atoms with Crippen molar-refractivity contribution in [1.29, 1.82) is 0 Å². The fourth-order valence-corrected chi connectivity index (χ4v) is 3.90. The van der Waals surface area contributed by atoms with Gasteiger partial charge in [-0.05, 0) is 35.0 Å². The number of amides is 1. The summed E-state index contributed by atoms with van der Waals surface area (Å²) in [6.45, 7) is 0.288. The third-order valence-electron chi connectivity index (χ3n) is 3.55. The van der Waals surface area contributed by atoms with Crippen molar-refractivity contribution in [1.82, 2.24) is 4.90 Å². The number of non-ortho nitro benzene ring substituents is 1. The van der Waals surface area contributed by atoms with Crippen molar-refractivity contribution in [3.8, 4) is 0 Å². The van der Waals surface area contributed by atoms with E-state index in [0.29, 0.717) is 9.89 Å². The lowest BCUT2D eigenvalue weighted by molar-refractivity contribution is -0.384. The van der Waals surface area contributed by atoms with Crippen LogP contribution in [0.25, 0.3) is 6.08 Å². The molecule has 0 atom stereocenters. The largest absolute Gasteiger partial charge is 0.291 e. The lowest BCUT2D eigenvalue weighted by Gasteiger charge is -2.14. The van der Waals surface area contributed by atoms with Crippen molar-refractivity contribution in [2.75, 3.05) is 0 Å². The maximum atomic E-state index is 12.3. The van der Waals surface area contributed by atoms with Crippen molar-refractivity contribution >= 4 is 61.9 Å². The summed E-state index contributed by atoms with van der Waals surface area (Å²) in [4.78, 5) is 25.2. The minimum atomic E-state index is -0.455. The summed E-state index contributed by atoms with van der Waals surface area (Å²) in [5.41, 5.74) is 1.74. The second-order valence-corrected chi connectivity index (χ2v) is 7.45. The van der Waals surface area contributed by atoms with Gasteiger partial charge in [-0.25, -0.2) is 0 Å². The van der Waals surface area contributed by atoms with Gasteiger partial charge in [0.2, 0.25) is 0 Å². The van der Waals surface area contributed by atoms with Crippen LogP contribution in [0.3, 0.4) is 0 Å². The Balaban J connectivity index is 1.80. The maximum Gasteiger partial charge on any atom is 0.291 e. The Bertz CT molecular complexity index is 897. The summed E-state index contributed by atoms with van der Waals surface area (Å²) < 4.78 is 0.923. The molecular formula is C17H11BrN2O3S2. The molecule has 1 amide bonds. The van der Waals surface area contributed by atoms with E-state index in [0.717, 1.165) is 27.4 Å². The summed E-state index contributed by atoms with van der Waals surface area (Å²) in [6, 6.07) is 13.8. The highest BCUT2D eigenvalue weighted by atomic mass is 79.9. The van der Waals surface area contributed by atoms with E-state index in [1.807, 2.05) is 30.3 Å². The zero-order valence-corrected chi connectivity index (χ0v) is 15.9. The molecule has 0 radical (unpaired) electrons. The van der Waals surface area contributed by atoms with Crippen LogP contribution in [-0.2, 0) is 6.54 Å². The Labute approximate surface area is 162 Å². The highest BCUT2D eigenvalue weighted by Crippen LogP contribution is 2.35. The third-order valence-corrected chi connectivity index (χ3v) is 5.77. The van der Waals surface area contributed by atoms with Gasteiger partial charge in [-0.3, -0.25) is 19.8 Å².